The third-order valence-electron chi connectivity index (χ3n) is 3.43. The van der Waals surface area contributed by atoms with E-state index in [0.29, 0.717) is 36.3 Å². The van der Waals surface area contributed by atoms with Crippen LogP contribution in [0.1, 0.15) is 25.8 Å². The van der Waals surface area contributed by atoms with E-state index >= 15 is 0 Å². The van der Waals surface area contributed by atoms with Crippen molar-refractivity contribution in [2.45, 2.75) is 32.9 Å². The number of halogens is 2. The largest absolute Gasteiger partial charge is 0.382 e. The maximum absolute atomic E-state index is 12.1. The minimum absolute atomic E-state index is 0.0130. The van der Waals surface area contributed by atoms with Gasteiger partial charge in [-0.1, -0.05) is 29.3 Å². The Morgan fingerprint density at radius 1 is 1.36 bits per heavy atom. The lowest BCUT2D eigenvalue weighted by molar-refractivity contribution is -0.125. The Labute approximate surface area is 142 Å². The Kier molecular flexibility index (Phi) is 8.79. The number of nitrogens with zero attached hydrogens (tertiary/aromatic N) is 1. The summed E-state index contributed by atoms with van der Waals surface area (Å²) in [4.78, 5) is 14.1. The molecule has 124 valence electrons. The van der Waals surface area contributed by atoms with Gasteiger partial charge in [-0.05, 0) is 45.0 Å². The Hall–Kier alpha value is -0.810. The summed E-state index contributed by atoms with van der Waals surface area (Å²) in [7, 11) is 1.91. The molecule has 0 aliphatic rings. The molecule has 0 bridgehead atoms. The Morgan fingerprint density at radius 3 is 2.73 bits per heavy atom. The smallest absolute Gasteiger partial charge is 0.237 e. The quantitative estimate of drug-likeness (QED) is 0.697. The lowest BCUT2D eigenvalue weighted by Gasteiger charge is -2.24. The number of hydrogen-bond donors (Lipinski definition) is 1. The standard InChI is InChI=1S/C16H24Cl2N2O2/c1-4-22-9-5-8-19-16(21)12(2)20(3)11-13-6-7-14(17)15(18)10-13/h6-7,10,12H,4-5,8-9,11H2,1-3H3,(H,19,21). The molecule has 6 heteroatoms. The first-order chi connectivity index (χ1) is 10.5. The third-order valence-corrected chi connectivity index (χ3v) is 4.16. The molecule has 0 spiro atoms. The zero-order valence-corrected chi connectivity index (χ0v) is 14.9. The Bertz CT molecular complexity index is 483. The second kappa shape index (κ2) is 10.1. The molecule has 0 fully saturated rings. The van der Waals surface area contributed by atoms with Crippen LogP contribution < -0.4 is 5.32 Å². The zero-order chi connectivity index (χ0) is 16.5. The van der Waals surface area contributed by atoms with Gasteiger partial charge in [0, 0.05) is 26.3 Å². The van der Waals surface area contributed by atoms with Crippen molar-refractivity contribution >= 4 is 29.1 Å². The Morgan fingerprint density at radius 2 is 2.09 bits per heavy atom. The topological polar surface area (TPSA) is 41.6 Å². The fourth-order valence-electron chi connectivity index (χ4n) is 1.94. The highest BCUT2D eigenvalue weighted by atomic mass is 35.5. The number of rotatable bonds is 9. The van der Waals surface area contributed by atoms with Gasteiger partial charge in [0.25, 0.3) is 0 Å². The summed E-state index contributed by atoms with van der Waals surface area (Å²) in [5.74, 6) is 0.0130. The van der Waals surface area contributed by atoms with Gasteiger partial charge in [0.2, 0.25) is 5.91 Å². The van der Waals surface area contributed by atoms with Crippen LogP contribution in [0.3, 0.4) is 0 Å². The van der Waals surface area contributed by atoms with Gasteiger partial charge in [0.15, 0.2) is 0 Å². The molecule has 0 saturated carbocycles. The molecule has 0 aliphatic heterocycles. The summed E-state index contributed by atoms with van der Waals surface area (Å²) in [6.45, 7) is 6.48. The molecule has 0 saturated heterocycles. The minimum Gasteiger partial charge on any atom is -0.382 e. The number of carbonyl (C=O) groups is 1. The van der Waals surface area contributed by atoms with Crippen LogP contribution in [0.2, 0.25) is 10.0 Å². The van der Waals surface area contributed by atoms with Gasteiger partial charge in [-0.25, -0.2) is 0 Å². The maximum atomic E-state index is 12.1. The lowest BCUT2D eigenvalue weighted by Crippen LogP contribution is -2.43. The predicted molar refractivity (Wildman–Crippen MR) is 91.5 cm³/mol. The van der Waals surface area contributed by atoms with Crippen LogP contribution >= 0.6 is 23.2 Å². The first-order valence-electron chi connectivity index (χ1n) is 7.45. The van der Waals surface area contributed by atoms with E-state index in [0.717, 1.165) is 12.0 Å². The van der Waals surface area contributed by atoms with Crippen molar-refractivity contribution in [3.05, 3.63) is 33.8 Å². The molecular formula is C16H24Cl2N2O2. The van der Waals surface area contributed by atoms with Crippen molar-refractivity contribution in [2.75, 3.05) is 26.8 Å². The van der Waals surface area contributed by atoms with Crippen LogP contribution in [0.15, 0.2) is 18.2 Å². The van der Waals surface area contributed by atoms with E-state index < -0.39 is 0 Å². The highest BCUT2D eigenvalue weighted by Gasteiger charge is 2.17. The summed E-state index contributed by atoms with van der Waals surface area (Å²) < 4.78 is 5.24. The van der Waals surface area contributed by atoms with Crippen LogP contribution in [0, 0.1) is 0 Å². The molecule has 1 amide bonds. The number of likely N-dealkylation sites (N-methyl/N-ethyl adjacent to an activating group) is 1. The van der Waals surface area contributed by atoms with Crippen molar-refractivity contribution < 1.29 is 9.53 Å². The number of benzene rings is 1. The fourth-order valence-corrected chi connectivity index (χ4v) is 2.26. The van der Waals surface area contributed by atoms with E-state index in [1.807, 2.05) is 37.9 Å². The molecule has 0 heterocycles. The Balaban J connectivity index is 2.41. The minimum atomic E-state index is -0.221. The van der Waals surface area contributed by atoms with Crippen LogP contribution in [0.25, 0.3) is 0 Å². The van der Waals surface area contributed by atoms with Crippen molar-refractivity contribution in [2.24, 2.45) is 0 Å². The van der Waals surface area contributed by atoms with E-state index in [9.17, 15) is 4.79 Å². The zero-order valence-electron chi connectivity index (χ0n) is 13.4. The molecular weight excluding hydrogens is 323 g/mol. The van der Waals surface area contributed by atoms with Crippen molar-refractivity contribution in [1.29, 1.82) is 0 Å². The van der Waals surface area contributed by atoms with Crippen LogP contribution in [-0.4, -0.2) is 43.7 Å². The molecule has 1 aromatic carbocycles. The molecule has 0 radical (unpaired) electrons. The molecule has 1 unspecified atom stereocenters. The summed E-state index contributed by atoms with van der Waals surface area (Å²) in [5, 5.41) is 3.98. The second-order valence-corrected chi connectivity index (χ2v) is 6.00. The molecule has 1 atom stereocenters. The van der Waals surface area contributed by atoms with E-state index in [2.05, 4.69) is 5.32 Å². The highest BCUT2D eigenvalue weighted by molar-refractivity contribution is 6.42. The van der Waals surface area contributed by atoms with Crippen LogP contribution in [0.4, 0.5) is 0 Å². The number of amides is 1. The summed E-state index contributed by atoms with van der Waals surface area (Å²) in [6, 6.07) is 5.29. The van der Waals surface area contributed by atoms with Gasteiger partial charge < -0.3 is 10.1 Å². The third kappa shape index (κ3) is 6.53. The average molecular weight is 347 g/mol. The van der Waals surface area contributed by atoms with Gasteiger partial charge in [-0.3, -0.25) is 9.69 Å². The molecule has 4 nitrogen and oxygen atoms in total. The van der Waals surface area contributed by atoms with Crippen molar-refractivity contribution in [3.8, 4) is 0 Å². The lowest BCUT2D eigenvalue weighted by atomic mass is 10.2. The average Bonchev–Trinajstić information content (AvgIpc) is 2.49. The number of nitrogens with one attached hydrogen (secondary N) is 1. The van der Waals surface area contributed by atoms with Gasteiger partial charge in [0.05, 0.1) is 16.1 Å². The van der Waals surface area contributed by atoms with Crippen LogP contribution in [-0.2, 0) is 16.1 Å². The molecule has 1 rings (SSSR count). The SMILES string of the molecule is CCOCCCNC(=O)C(C)N(C)Cc1ccc(Cl)c(Cl)c1. The monoisotopic (exact) mass is 346 g/mol. The first kappa shape index (κ1) is 19.2. The molecule has 1 aromatic rings. The summed E-state index contributed by atoms with van der Waals surface area (Å²) in [6.07, 6.45) is 0.822. The van der Waals surface area contributed by atoms with Gasteiger partial charge in [-0.15, -0.1) is 0 Å². The first-order valence-corrected chi connectivity index (χ1v) is 8.21. The molecule has 22 heavy (non-hydrogen) atoms. The van der Waals surface area contributed by atoms with Gasteiger partial charge >= 0.3 is 0 Å². The van der Waals surface area contributed by atoms with Gasteiger partial charge in [-0.2, -0.15) is 0 Å². The normalized spacial score (nSPS) is 12.5. The molecule has 0 aliphatic carbocycles. The van der Waals surface area contributed by atoms with Crippen molar-refractivity contribution in [3.63, 3.8) is 0 Å². The summed E-state index contributed by atoms with van der Waals surface area (Å²) in [5.41, 5.74) is 1.02. The van der Waals surface area contributed by atoms with E-state index in [4.69, 9.17) is 27.9 Å². The van der Waals surface area contributed by atoms with E-state index in [1.165, 1.54) is 0 Å². The highest BCUT2D eigenvalue weighted by Crippen LogP contribution is 2.23. The maximum Gasteiger partial charge on any atom is 0.237 e. The van der Waals surface area contributed by atoms with E-state index in [-0.39, 0.29) is 11.9 Å². The molecule has 0 aromatic heterocycles. The van der Waals surface area contributed by atoms with Crippen molar-refractivity contribution in [1.82, 2.24) is 10.2 Å². The van der Waals surface area contributed by atoms with E-state index in [1.54, 1.807) is 6.07 Å². The number of carbonyl (C=O) groups excluding carboxylic acids is 1. The molecule has 1 N–H and O–H groups in total. The van der Waals surface area contributed by atoms with Gasteiger partial charge in [0.1, 0.15) is 0 Å². The second-order valence-electron chi connectivity index (χ2n) is 5.18. The fraction of sp³-hybridized carbons (Fsp3) is 0.562. The number of hydrogen-bond acceptors (Lipinski definition) is 3. The summed E-state index contributed by atoms with van der Waals surface area (Å²) >= 11 is 11.9. The number of ether oxygens (including phenoxy) is 1. The van der Waals surface area contributed by atoms with Crippen LogP contribution in [0.5, 0.6) is 0 Å². The predicted octanol–water partition coefficient (Wildman–Crippen LogP) is 3.36.